The van der Waals surface area contributed by atoms with Crippen LogP contribution in [0.3, 0.4) is 0 Å². The summed E-state index contributed by atoms with van der Waals surface area (Å²) in [7, 11) is 0. The molecule has 0 bridgehead atoms. The molecule has 0 spiro atoms. The van der Waals surface area contributed by atoms with E-state index in [2.05, 4.69) is 20.6 Å². The molecule has 0 atom stereocenters. The second-order valence-electron chi connectivity index (χ2n) is 4.13. The van der Waals surface area contributed by atoms with E-state index in [1.165, 1.54) is 18.6 Å². The predicted octanol–water partition coefficient (Wildman–Crippen LogP) is 0.417. The van der Waals surface area contributed by atoms with Gasteiger partial charge in [0.25, 0.3) is 11.8 Å². The Morgan fingerprint density at radius 1 is 1.14 bits per heavy atom. The smallest absolute Gasteiger partial charge is 0.275 e. The number of para-hydroxylation sites is 1. The van der Waals surface area contributed by atoms with Crippen LogP contribution in [0.4, 0.5) is 5.69 Å². The highest BCUT2D eigenvalue weighted by Crippen LogP contribution is 2.15. The number of aromatic nitrogens is 2. The van der Waals surface area contributed by atoms with Crippen molar-refractivity contribution in [2.75, 3.05) is 18.4 Å². The number of anilines is 1. The maximum atomic E-state index is 12.0. The van der Waals surface area contributed by atoms with E-state index in [1.807, 2.05) is 0 Å². The first-order chi connectivity index (χ1) is 10.2. The van der Waals surface area contributed by atoms with Gasteiger partial charge in [0.1, 0.15) is 5.69 Å². The van der Waals surface area contributed by atoms with Gasteiger partial charge in [0.2, 0.25) is 0 Å². The van der Waals surface area contributed by atoms with Crippen molar-refractivity contribution in [2.45, 2.75) is 0 Å². The van der Waals surface area contributed by atoms with Gasteiger partial charge in [0.15, 0.2) is 0 Å². The number of carbonyl (C=O) groups is 2. The Labute approximate surface area is 121 Å². The summed E-state index contributed by atoms with van der Waals surface area (Å²) in [6, 6.07) is 6.71. The van der Waals surface area contributed by atoms with Crippen molar-refractivity contribution in [3.05, 3.63) is 54.1 Å². The van der Waals surface area contributed by atoms with Crippen molar-refractivity contribution in [3.63, 3.8) is 0 Å². The highest BCUT2D eigenvalue weighted by atomic mass is 16.2. The lowest BCUT2D eigenvalue weighted by atomic mass is 10.1. The fourth-order valence-corrected chi connectivity index (χ4v) is 1.67. The Bertz CT molecular complexity index is 630. The number of carbonyl (C=O) groups excluding carboxylic acids is 2. The lowest BCUT2D eigenvalue weighted by molar-refractivity contribution is 0.0955. The van der Waals surface area contributed by atoms with Gasteiger partial charge in [-0.05, 0) is 12.1 Å². The molecule has 108 valence electrons. The molecule has 21 heavy (non-hydrogen) atoms. The van der Waals surface area contributed by atoms with E-state index in [0.717, 1.165) is 0 Å². The van der Waals surface area contributed by atoms with Crippen LogP contribution in [-0.2, 0) is 0 Å². The van der Waals surface area contributed by atoms with Crippen LogP contribution in [0.1, 0.15) is 20.8 Å². The first-order valence-electron chi connectivity index (χ1n) is 6.37. The van der Waals surface area contributed by atoms with Crippen molar-refractivity contribution < 1.29 is 9.59 Å². The number of nitrogens with zero attached hydrogens (tertiary/aromatic N) is 2. The third-order valence-electron chi connectivity index (χ3n) is 2.65. The molecule has 1 aromatic carbocycles. The van der Waals surface area contributed by atoms with E-state index in [1.54, 1.807) is 24.3 Å². The molecule has 4 N–H and O–H groups in total. The van der Waals surface area contributed by atoms with Gasteiger partial charge in [0, 0.05) is 25.5 Å². The van der Waals surface area contributed by atoms with Crippen LogP contribution >= 0.6 is 0 Å². The van der Waals surface area contributed by atoms with E-state index in [0.29, 0.717) is 24.3 Å². The zero-order chi connectivity index (χ0) is 15.1. The van der Waals surface area contributed by atoms with Crippen LogP contribution in [0, 0.1) is 0 Å². The van der Waals surface area contributed by atoms with Crippen molar-refractivity contribution in [3.8, 4) is 0 Å². The molecule has 2 rings (SSSR count). The van der Waals surface area contributed by atoms with E-state index in [4.69, 9.17) is 5.73 Å². The molecular weight excluding hydrogens is 270 g/mol. The van der Waals surface area contributed by atoms with Gasteiger partial charge in [-0.1, -0.05) is 12.1 Å². The standard InChI is InChI=1S/C14H15N5O2/c15-5-6-18-13(20)10-3-1-2-4-11(10)19-14(21)12-9-16-7-8-17-12/h1-4,7-9H,5-6,15H2,(H,18,20)(H,19,21). The zero-order valence-electron chi connectivity index (χ0n) is 11.2. The Kier molecular flexibility index (Phi) is 4.94. The highest BCUT2D eigenvalue weighted by molar-refractivity contribution is 6.08. The van der Waals surface area contributed by atoms with Gasteiger partial charge in [-0.2, -0.15) is 0 Å². The largest absolute Gasteiger partial charge is 0.351 e. The summed E-state index contributed by atoms with van der Waals surface area (Å²) < 4.78 is 0. The van der Waals surface area contributed by atoms with Gasteiger partial charge >= 0.3 is 0 Å². The van der Waals surface area contributed by atoms with Crippen molar-refractivity contribution in [2.24, 2.45) is 5.73 Å². The van der Waals surface area contributed by atoms with E-state index in [-0.39, 0.29) is 11.6 Å². The lowest BCUT2D eigenvalue weighted by Crippen LogP contribution is -2.30. The van der Waals surface area contributed by atoms with Gasteiger partial charge in [-0.3, -0.25) is 14.6 Å². The van der Waals surface area contributed by atoms with Gasteiger partial charge in [0.05, 0.1) is 17.4 Å². The Hall–Kier alpha value is -2.80. The molecule has 0 aliphatic carbocycles. The van der Waals surface area contributed by atoms with Crippen LogP contribution in [0.15, 0.2) is 42.9 Å². The van der Waals surface area contributed by atoms with Crippen LogP contribution in [0.5, 0.6) is 0 Å². The third-order valence-corrected chi connectivity index (χ3v) is 2.65. The second-order valence-corrected chi connectivity index (χ2v) is 4.13. The first kappa shape index (κ1) is 14.6. The fourth-order valence-electron chi connectivity index (χ4n) is 1.67. The maximum absolute atomic E-state index is 12.0. The van der Waals surface area contributed by atoms with Gasteiger partial charge in [-0.15, -0.1) is 0 Å². The number of nitrogens with one attached hydrogen (secondary N) is 2. The molecule has 7 heteroatoms. The molecule has 2 amide bonds. The minimum atomic E-state index is -0.429. The molecule has 7 nitrogen and oxygen atoms in total. The third kappa shape index (κ3) is 3.83. The molecule has 0 aliphatic heterocycles. The molecule has 0 unspecified atom stereocenters. The fraction of sp³-hybridized carbons (Fsp3) is 0.143. The van der Waals surface area contributed by atoms with Gasteiger partial charge in [-0.25, -0.2) is 4.98 Å². The average Bonchev–Trinajstić information content (AvgIpc) is 2.54. The van der Waals surface area contributed by atoms with Gasteiger partial charge < -0.3 is 16.4 Å². The number of rotatable bonds is 5. The average molecular weight is 285 g/mol. The summed E-state index contributed by atoms with van der Waals surface area (Å²) in [6.45, 7) is 0.713. The number of amides is 2. The molecule has 0 fully saturated rings. The summed E-state index contributed by atoms with van der Waals surface area (Å²) in [5.41, 5.74) is 6.29. The monoisotopic (exact) mass is 285 g/mol. The summed E-state index contributed by atoms with van der Waals surface area (Å²) in [5.74, 6) is -0.724. The molecule has 0 saturated heterocycles. The summed E-state index contributed by atoms with van der Waals surface area (Å²) in [4.78, 5) is 31.8. The van der Waals surface area contributed by atoms with Crippen molar-refractivity contribution >= 4 is 17.5 Å². The van der Waals surface area contributed by atoms with E-state index >= 15 is 0 Å². The van der Waals surface area contributed by atoms with Crippen LogP contribution in [0.2, 0.25) is 0 Å². The normalized spacial score (nSPS) is 9.95. The predicted molar refractivity (Wildman–Crippen MR) is 77.8 cm³/mol. The van der Waals surface area contributed by atoms with Crippen LogP contribution < -0.4 is 16.4 Å². The molecule has 0 aliphatic rings. The molecule has 0 saturated carbocycles. The zero-order valence-corrected chi connectivity index (χ0v) is 11.2. The summed E-state index contributed by atoms with van der Waals surface area (Å²) in [6.07, 6.45) is 4.26. The number of hydrogen-bond donors (Lipinski definition) is 3. The SMILES string of the molecule is NCCNC(=O)c1ccccc1NC(=O)c1cnccn1. The minimum absolute atomic E-state index is 0.176. The Morgan fingerprint density at radius 2 is 1.95 bits per heavy atom. The molecule has 0 radical (unpaired) electrons. The molecule has 1 heterocycles. The minimum Gasteiger partial charge on any atom is -0.351 e. The van der Waals surface area contributed by atoms with Crippen molar-refractivity contribution in [1.29, 1.82) is 0 Å². The summed E-state index contributed by atoms with van der Waals surface area (Å²) >= 11 is 0. The van der Waals surface area contributed by atoms with Crippen LogP contribution in [0.25, 0.3) is 0 Å². The second kappa shape index (κ2) is 7.11. The number of nitrogens with two attached hydrogens (primary N) is 1. The van der Waals surface area contributed by atoms with Crippen LogP contribution in [-0.4, -0.2) is 34.9 Å². The Morgan fingerprint density at radius 3 is 2.67 bits per heavy atom. The van der Waals surface area contributed by atoms with E-state index in [9.17, 15) is 9.59 Å². The maximum Gasteiger partial charge on any atom is 0.275 e. The molecular formula is C14H15N5O2. The molecule has 2 aromatic rings. The lowest BCUT2D eigenvalue weighted by Gasteiger charge is -2.10. The topological polar surface area (TPSA) is 110 Å². The molecule has 1 aromatic heterocycles. The quantitative estimate of drug-likeness (QED) is 0.737. The summed E-state index contributed by atoms with van der Waals surface area (Å²) in [5, 5.41) is 5.31. The number of hydrogen-bond acceptors (Lipinski definition) is 5. The number of benzene rings is 1. The van der Waals surface area contributed by atoms with E-state index < -0.39 is 5.91 Å². The Balaban J connectivity index is 2.17. The van der Waals surface area contributed by atoms with Crippen molar-refractivity contribution in [1.82, 2.24) is 15.3 Å². The highest BCUT2D eigenvalue weighted by Gasteiger charge is 2.14. The first-order valence-corrected chi connectivity index (χ1v) is 6.37.